The number of hydrazine groups is 1. The van der Waals surface area contributed by atoms with Crippen LogP contribution in [-0.4, -0.2) is 28.7 Å². The van der Waals surface area contributed by atoms with Gasteiger partial charge in [-0.25, -0.2) is 11.0 Å². The van der Waals surface area contributed by atoms with Crippen LogP contribution in [0.1, 0.15) is 13.8 Å². The zero-order valence-corrected chi connectivity index (χ0v) is 6.50. The van der Waals surface area contributed by atoms with E-state index in [0.717, 1.165) is 5.12 Å². The van der Waals surface area contributed by atoms with E-state index in [1.54, 1.807) is 0 Å². The van der Waals surface area contributed by atoms with Gasteiger partial charge in [-0.15, -0.1) is 5.10 Å². The molecule has 0 heterocycles. The molecule has 0 spiro atoms. The Labute approximate surface area is 60.3 Å². The van der Waals surface area contributed by atoms with Gasteiger partial charge in [-0.1, -0.05) is 0 Å². The number of hydrogen-bond donors (Lipinski definition) is 3. The van der Waals surface area contributed by atoms with E-state index in [9.17, 15) is 5.11 Å². The largest absolute Gasteiger partial charge is 0.383 e. The number of amidine groups is 1. The molecule has 0 aliphatic carbocycles. The second-order valence-electron chi connectivity index (χ2n) is 2.62. The molecule has 0 aliphatic rings. The van der Waals surface area contributed by atoms with E-state index < -0.39 is 5.60 Å². The lowest BCUT2D eigenvalue weighted by Crippen LogP contribution is -2.40. The first-order valence-electron chi connectivity index (χ1n) is 2.89. The third-order valence-corrected chi connectivity index (χ3v) is 0.892. The summed E-state index contributed by atoms with van der Waals surface area (Å²) < 4.78 is 0. The number of rotatable bonds is 2. The maximum atomic E-state index is 9.20. The molecule has 0 aromatic heterocycles. The second-order valence-corrected chi connectivity index (χ2v) is 2.62. The first-order chi connectivity index (χ1) is 4.34. The average molecular weight is 146 g/mol. The van der Waals surface area contributed by atoms with Gasteiger partial charge in [-0.3, -0.25) is 0 Å². The van der Waals surface area contributed by atoms with E-state index in [2.05, 4.69) is 5.10 Å². The maximum absolute atomic E-state index is 9.20. The van der Waals surface area contributed by atoms with Gasteiger partial charge in [0.05, 0.1) is 0 Å². The average Bonchev–Trinajstić information content (AvgIpc) is 1.60. The van der Waals surface area contributed by atoms with E-state index in [-0.39, 0.29) is 5.84 Å². The molecular formula is C5H14N4O. The number of hydrazone groups is 1. The lowest BCUT2D eigenvalue weighted by Gasteiger charge is -2.17. The van der Waals surface area contributed by atoms with Gasteiger partial charge < -0.3 is 10.8 Å². The Hall–Kier alpha value is -0.810. The number of hydrogen-bond acceptors (Lipinski definition) is 4. The van der Waals surface area contributed by atoms with Gasteiger partial charge in [0.2, 0.25) is 0 Å². The zero-order valence-electron chi connectivity index (χ0n) is 6.50. The minimum Gasteiger partial charge on any atom is -0.383 e. The molecular weight excluding hydrogens is 132 g/mol. The van der Waals surface area contributed by atoms with Crippen molar-refractivity contribution in [1.29, 1.82) is 0 Å². The number of nitrogens with two attached hydrogens (primary N) is 2. The molecule has 0 rings (SSSR count). The molecule has 0 radical (unpaired) electrons. The first kappa shape index (κ1) is 9.19. The molecule has 0 atom stereocenters. The van der Waals surface area contributed by atoms with Crippen molar-refractivity contribution in [2.45, 2.75) is 19.4 Å². The molecule has 10 heavy (non-hydrogen) atoms. The molecule has 0 saturated heterocycles. The fourth-order valence-electron chi connectivity index (χ4n) is 0.292. The highest BCUT2D eigenvalue weighted by molar-refractivity contribution is 5.87. The number of nitrogens with zero attached hydrogens (tertiary/aromatic N) is 2. The Bertz CT molecular complexity index is 135. The molecule has 0 unspecified atom stereocenters. The first-order valence-corrected chi connectivity index (χ1v) is 2.89. The van der Waals surface area contributed by atoms with Gasteiger partial charge >= 0.3 is 0 Å². The Kier molecular flexibility index (Phi) is 2.62. The molecule has 5 N–H and O–H groups in total. The van der Waals surface area contributed by atoms with Crippen LogP contribution in [-0.2, 0) is 0 Å². The Morgan fingerprint density at radius 1 is 1.60 bits per heavy atom. The van der Waals surface area contributed by atoms with Crippen LogP contribution in [0.4, 0.5) is 0 Å². The predicted molar refractivity (Wildman–Crippen MR) is 39.9 cm³/mol. The Balaban J connectivity index is 4.20. The standard InChI is InChI=1S/C5H14N4O/c1-5(2,10)4(6)8-9(3)7/h10H,7H2,1-3H3,(H2,6,8). The van der Waals surface area contributed by atoms with Crippen LogP contribution in [0.5, 0.6) is 0 Å². The van der Waals surface area contributed by atoms with E-state index in [4.69, 9.17) is 11.6 Å². The SMILES string of the molecule is CN(N)/N=C(\N)C(C)(C)O. The van der Waals surface area contributed by atoms with Crippen LogP contribution in [0.3, 0.4) is 0 Å². The van der Waals surface area contributed by atoms with E-state index >= 15 is 0 Å². The molecule has 60 valence electrons. The van der Waals surface area contributed by atoms with Crippen LogP contribution < -0.4 is 11.6 Å². The van der Waals surface area contributed by atoms with Crippen molar-refractivity contribution in [2.24, 2.45) is 16.7 Å². The highest BCUT2D eigenvalue weighted by Gasteiger charge is 2.18. The van der Waals surface area contributed by atoms with Crippen LogP contribution in [0.2, 0.25) is 0 Å². The van der Waals surface area contributed by atoms with Crippen molar-refractivity contribution < 1.29 is 5.11 Å². The maximum Gasteiger partial charge on any atom is 0.152 e. The smallest absolute Gasteiger partial charge is 0.152 e. The van der Waals surface area contributed by atoms with E-state index in [1.807, 2.05) is 0 Å². The summed E-state index contributed by atoms with van der Waals surface area (Å²) in [5.74, 6) is 5.24. The van der Waals surface area contributed by atoms with Gasteiger partial charge in [0.15, 0.2) is 5.84 Å². The Morgan fingerprint density at radius 3 is 2.10 bits per heavy atom. The topological polar surface area (TPSA) is 87.9 Å². The van der Waals surface area contributed by atoms with Crippen molar-refractivity contribution in [3.8, 4) is 0 Å². The molecule has 0 fully saturated rings. The summed E-state index contributed by atoms with van der Waals surface area (Å²) in [7, 11) is 1.53. The number of aliphatic hydroxyl groups is 1. The summed E-state index contributed by atoms with van der Waals surface area (Å²) in [5, 5.41) is 13.9. The molecule has 0 amide bonds. The molecule has 0 aromatic carbocycles. The third-order valence-electron chi connectivity index (χ3n) is 0.892. The minimum atomic E-state index is -1.10. The summed E-state index contributed by atoms with van der Waals surface area (Å²) in [6, 6.07) is 0. The third kappa shape index (κ3) is 3.26. The summed E-state index contributed by atoms with van der Waals surface area (Å²) in [5.41, 5.74) is 4.23. The quantitative estimate of drug-likeness (QED) is 0.198. The van der Waals surface area contributed by atoms with Gasteiger partial charge in [-0.05, 0) is 13.8 Å². The zero-order chi connectivity index (χ0) is 8.36. The molecule has 0 aromatic rings. The summed E-state index contributed by atoms with van der Waals surface area (Å²) in [6.07, 6.45) is 0. The predicted octanol–water partition coefficient (Wildman–Crippen LogP) is -1.16. The highest BCUT2D eigenvalue weighted by Crippen LogP contribution is 1.99. The highest BCUT2D eigenvalue weighted by atomic mass is 16.3. The Morgan fingerprint density at radius 2 is 2.00 bits per heavy atom. The molecule has 0 bridgehead atoms. The lowest BCUT2D eigenvalue weighted by molar-refractivity contribution is 0.149. The van der Waals surface area contributed by atoms with Crippen LogP contribution >= 0.6 is 0 Å². The van der Waals surface area contributed by atoms with Crippen molar-refractivity contribution >= 4 is 5.84 Å². The molecule has 0 aliphatic heterocycles. The van der Waals surface area contributed by atoms with Crippen LogP contribution in [0.25, 0.3) is 0 Å². The fourth-order valence-corrected chi connectivity index (χ4v) is 0.292. The van der Waals surface area contributed by atoms with Gasteiger partial charge in [0, 0.05) is 7.05 Å². The normalized spacial score (nSPS) is 13.5. The second kappa shape index (κ2) is 2.85. The summed E-state index contributed by atoms with van der Waals surface area (Å²) in [4.78, 5) is 0. The lowest BCUT2D eigenvalue weighted by atomic mass is 10.1. The molecule has 5 nitrogen and oxygen atoms in total. The van der Waals surface area contributed by atoms with Crippen molar-refractivity contribution in [3.05, 3.63) is 0 Å². The van der Waals surface area contributed by atoms with Crippen LogP contribution in [0.15, 0.2) is 5.10 Å². The van der Waals surface area contributed by atoms with E-state index in [1.165, 1.54) is 20.9 Å². The minimum absolute atomic E-state index is 0.0949. The summed E-state index contributed by atoms with van der Waals surface area (Å²) in [6.45, 7) is 3.07. The van der Waals surface area contributed by atoms with Crippen molar-refractivity contribution in [3.63, 3.8) is 0 Å². The van der Waals surface area contributed by atoms with Gasteiger partial charge in [0.25, 0.3) is 0 Å². The summed E-state index contributed by atoms with van der Waals surface area (Å²) >= 11 is 0. The fraction of sp³-hybridized carbons (Fsp3) is 0.800. The van der Waals surface area contributed by atoms with Gasteiger partial charge in [-0.2, -0.15) is 0 Å². The van der Waals surface area contributed by atoms with Crippen molar-refractivity contribution in [2.75, 3.05) is 7.05 Å². The van der Waals surface area contributed by atoms with Crippen molar-refractivity contribution in [1.82, 2.24) is 5.12 Å². The van der Waals surface area contributed by atoms with Gasteiger partial charge in [0.1, 0.15) is 5.60 Å². The monoisotopic (exact) mass is 146 g/mol. The van der Waals surface area contributed by atoms with E-state index in [0.29, 0.717) is 0 Å². The van der Waals surface area contributed by atoms with Crippen LogP contribution in [0, 0.1) is 0 Å². The molecule has 5 heteroatoms. The molecule has 0 saturated carbocycles.